The Morgan fingerprint density at radius 3 is 2.32 bits per heavy atom. The molecule has 2 heterocycles. The Hall–Kier alpha value is -2.29. The molecule has 0 bridgehead atoms. The van der Waals surface area contributed by atoms with E-state index in [4.69, 9.17) is 4.74 Å². The van der Waals surface area contributed by atoms with Crippen LogP contribution in [0.1, 0.15) is 12.8 Å². The molecule has 28 heavy (non-hydrogen) atoms. The van der Waals surface area contributed by atoms with Gasteiger partial charge < -0.3 is 14.5 Å². The summed E-state index contributed by atoms with van der Waals surface area (Å²) in [6.45, 7) is 1.96. The molecule has 0 saturated carbocycles. The Bertz CT molecular complexity index is 676. The van der Waals surface area contributed by atoms with E-state index in [1.54, 1.807) is 29.2 Å². The zero-order chi connectivity index (χ0) is 20.1. The summed E-state index contributed by atoms with van der Waals surface area (Å²) < 4.78 is 44.0. The maximum atomic E-state index is 12.9. The number of alkyl halides is 3. The van der Waals surface area contributed by atoms with Gasteiger partial charge in [0.2, 0.25) is 5.91 Å². The molecule has 0 spiro atoms. The zero-order valence-electron chi connectivity index (χ0n) is 15.5. The van der Waals surface area contributed by atoms with E-state index in [0.29, 0.717) is 44.9 Å². The van der Waals surface area contributed by atoms with Crippen LogP contribution in [0.25, 0.3) is 0 Å². The topological polar surface area (TPSA) is 53.1 Å². The number of ether oxygens (including phenoxy) is 1. The second kappa shape index (κ2) is 8.81. The van der Waals surface area contributed by atoms with Crippen molar-refractivity contribution >= 4 is 12.0 Å². The van der Waals surface area contributed by atoms with Gasteiger partial charge in [0.05, 0.1) is 12.5 Å². The highest BCUT2D eigenvalue weighted by atomic mass is 19.4. The third kappa shape index (κ3) is 5.37. The Morgan fingerprint density at radius 2 is 1.68 bits per heavy atom. The van der Waals surface area contributed by atoms with Crippen molar-refractivity contribution in [3.05, 3.63) is 30.3 Å². The van der Waals surface area contributed by atoms with E-state index in [0.717, 1.165) is 0 Å². The zero-order valence-corrected chi connectivity index (χ0v) is 15.5. The highest BCUT2D eigenvalue weighted by Crippen LogP contribution is 2.33. The van der Waals surface area contributed by atoms with E-state index in [9.17, 15) is 22.8 Å². The van der Waals surface area contributed by atoms with Crippen molar-refractivity contribution in [1.82, 2.24) is 14.7 Å². The summed E-state index contributed by atoms with van der Waals surface area (Å²) in [5.74, 6) is -1.25. The second-order valence-electron chi connectivity index (χ2n) is 7.16. The third-order valence-electron chi connectivity index (χ3n) is 5.17. The number of amides is 2. The van der Waals surface area contributed by atoms with Gasteiger partial charge in [-0.05, 0) is 25.0 Å². The molecule has 1 unspecified atom stereocenters. The number of nitrogens with zero attached hydrogens (tertiary/aromatic N) is 3. The first-order valence-corrected chi connectivity index (χ1v) is 9.41. The lowest BCUT2D eigenvalue weighted by molar-refractivity contribution is -0.188. The Kier molecular flexibility index (Phi) is 6.43. The first-order valence-electron chi connectivity index (χ1n) is 9.41. The first-order chi connectivity index (χ1) is 13.3. The van der Waals surface area contributed by atoms with Gasteiger partial charge in [0.15, 0.2) is 0 Å². The van der Waals surface area contributed by atoms with Gasteiger partial charge >= 0.3 is 12.3 Å². The number of likely N-dealkylation sites (tertiary alicyclic amines) is 1. The second-order valence-corrected chi connectivity index (χ2v) is 7.16. The summed E-state index contributed by atoms with van der Waals surface area (Å²) >= 11 is 0. The lowest BCUT2D eigenvalue weighted by atomic mass is 9.97. The number of carbonyl (C=O) groups excluding carboxylic acids is 2. The van der Waals surface area contributed by atoms with Crippen molar-refractivity contribution in [1.29, 1.82) is 0 Å². The van der Waals surface area contributed by atoms with Crippen LogP contribution in [0.5, 0.6) is 5.75 Å². The van der Waals surface area contributed by atoms with Gasteiger partial charge in [0.1, 0.15) is 5.75 Å². The number of para-hydroxylation sites is 1. The fourth-order valence-corrected chi connectivity index (χ4v) is 3.50. The van der Waals surface area contributed by atoms with Crippen molar-refractivity contribution < 1.29 is 27.5 Å². The van der Waals surface area contributed by atoms with E-state index in [1.165, 1.54) is 4.90 Å². The Balaban J connectivity index is 1.43. The monoisotopic (exact) mass is 399 g/mol. The van der Waals surface area contributed by atoms with Gasteiger partial charge in [-0.2, -0.15) is 13.2 Å². The minimum atomic E-state index is -4.26. The molecule has 154 valence electrons. The number of rotatable bonds is 3. The molecule has 0 aliphatic carbocycles. The van der Waals surface area contributed by atoms with Gasteiger partial charge in [-0.25, -0.2) is 4.79 Å². The van der Waals surface area contributed by atoms with Crippen molar-refractivity contribution in [3.8, 4) is 5.75 Å². The largest absolute Gasteiger partial charge is 0.415 e. The smallest absolute Gasteiger partial charge is 0.410 e. The quantitative estimate of drug-likeness (QED) is 0.784. The van der Waals surface area contributed by atoms with Crippen LogP contribution < -0.4 is 4.74 Å². The molecule has 2 saturated heterocycles. The maximum Gasteiger partial charge on any atom is 0.415 e. The average molecular weight is 399 g/mol. The predicted octanol–water partition coefficient (Wildman–Crippen LogP) is 2.60. The van der Waals surface area contributed by atoms with Crippen LogP contribution in [0.3, 0.4) is 0 Å². The summed E-state index contributed by atoms with van der Waals surface area (Å²) in [5.41, 5.74) is 0. The van der Waals surface area contributed by atoms with Crippen LogP contribution in [-0.4, -0.2) is 78.7 Å². The standard InChI is InChI=1S/C19H24F3N3O3/c20-19(21,22)15-5-4-8-25(13-15)17(26)14-23-9-11-24(12-10-23)18(27)28-16-6-2-1-3-7-16/h1-3,6-7,15H,4-5,8-14H2. The summed E-state index contributed by atoms with van der Waals surface area (Å²) in [6.07, 6.45) is -4.25. The molecule has 3 rings (SSSR count). The summed E-state index contributed by atoms with van der Waals surface area (Å²) in [6, 6.07) is 8.76. The van der Waals surface area contributed by atoms with Crippen LogP contribution in [0.4, 0.5) is 18.0 Å². The van der Waals surface area contributed by atoms with Crippen LogP contribution in [0, 0.1) is 5.92 Å². The van der Waals surface area contributed by atoms with Crippen molar-refractivity contribution in [2.24, 2.45) is 5.92 Å². The highest BCUT2D eigenvalue weighted by Gasteiger charge is 2.42. The molecular weight excluding hydrogens is 375 g/mol. The molecule has 2 amide bonds. The van der Waals surface area contributed by atoms with Gasteiger partial charge in [0.25, 0.3) is 0 Å². The maximum absolute atomic E-state index is 12.9. The lowest BCUT2D eigenvalue weighted by Crippen LogP contribution is -2.53. The fraction of sp³-hybridized carbons (Fsp3) is 0.579. The summed E-state index contributed by atoms with van der Waals surface area (Å²) in [7, 11) is 0. The minimum Gasteiger partial charge on any atom is -0.410 e. The molecule has 6 nitrogen and oxygen atoms in total. The molecule has 1 atom stereocenters. The van der Waals surface area contributed by atoms with Gasteiger partial charge in [-0.1, -0.05) is 18.2 Å². The van der Waals surface area contributed by atoms with Crippen LogP contribution in [0.15, 0.2) is 30.3 Å². The third-order valence-corrected chi connectivity index (χ3v) is 5.17. The van der Waals surface area contributed by atoms with Gasteiger partial charge in [-0.3, -0.25) is 9.69 Å². The van der Waals surface area contributed by atoms with E-state index in [2.05, 4.69) is 0 Å². The molecule has 0 radical (unpaired) electrons. The van der Waals surface area contributed by atoms with Gasteiger partial charge in [0, 0.05) is 39.3 Å². The Labute approximate surface area is 161 Å². The van der Waals surface area contributed by atoms with E-state index >= 15 is 0 Å². The van der Waals surface area contributed by atoms with Crippen molar-refractivity contribution in [3.63, 3.8) is 0 Å². The molecule has 2 aliphatic heterocycles. The normalized spacial score (nSPS) is 21.5. The molecule has 2 fully saturated rings. The molecule has 1 aromatic rings. The molecule has 2 aliphatic rings. The predicted molar refractivity (Wildman–Crippen MR) is 95.8 cm³/mol. The number of piperidine rings is 1. The van der Waals surface area contributed by atoms with E-state index in [-0.39, 0.29) is 25.4 Å². The van der Waals surface area contributed by atoms with E-state index in [1.807, 2.05) is 11.0 Å². The number of hydrogen-bond donors (Lipinski definition) is 0. The lowest BCUT2D eigenvalue weighted by Gasteiger charge is -2.37. The van der Waals surface area contributed by atoms with Crippen molar-refractivity contribution in [2.75, 3.05) is 45.8 Å². The highest BCUT2D eigenvalue weighted by molar-refractivity contribution is 5.78. The molecule has 1 aromatic carbocycles. The average Bonchev–Trinajstić information content (AvgIpc) is 2.69. The van der Waals surface area contributed by atoms with E-state index < -0.39 is 18.2 Å². The number of benzene rings is 1. The SMILES string of the molecule is O=C(CN1CCN(C(=O)Oc2ccccc2)CC1)N1CCCC(C(F)(F)F)C1. The Morgan fingerprint density at radius 1 is 1.00 bits per heavy atom. The van der Waals surface area contributed by atoms with Crippen LogP contribution in [0.2, 0.25) is 0 Å². The van der Waals surface area contributed by atoms with Crippen LogP contribution >= 0.6 is 0 Å². The summed E-state index contributed by atoms with van der Waals surface area (Å²) in [5, 5.41) is 0. The van der Waals surface area contributed by atoms with Crippen molar-refractivity contribution in [2.45, 2.75) is 19.0 Å². The number of carbonyl (C=O) groups is 2. The molecular formula is C19H24F3N3O3. The summed E-state index contributed by atoms with van der Waals surface area (Å²) in [4.78, 5) is 29.3. The number of hydrogen-bond acceptors (Lipinski definition) is 4. The van der Waals surface area contributed by atoms with Gasteiger partial charge in [-0.15, -0.1) is 0 Å². The molecule has 9 heteroatoms. The first kappa shape index (κ1) is 20.4. The fourth-order valence-electron chi connectivity index (χ4n) is 3.50. The number of halogens is 3. The number of piperazine rings is 1. The van der Waals surface area contributed by atoms with Crippen LogP contribution in [-0.2, 0) is 4.79 Å². The molecule has 0 N–H and O–H groups in total. The minimum absolute atomic E-state index is 0.0755. The molecule has 0 aromatic heterocycles.